The first kappa shape index (κ1) is 8.85. The molecule has 62 valence electrons. The molecule has 0 aliphatic heterocycles. The Labute approximate surface area is 76.3 Å². The van der Waals surface area contributed by atoms with Crippen molar-refractivity contribution in [3.05, 3.63) is 24.0 Å². The first-order valence-electron chi connectivity index (χ1n) is 4.09. The van der Waals surface area contributed by atoms with Crippen molar-refractivity contribution in [2.45, 2.75) is 31.0 Å². The average molecular weight is 216 g/mol. The zero-order valence-electron chi connectivity index (χ0n) is 6.81. The smallest absolute Gasteiger partial charge is 0.0147 e. The van der Waals surface area contributed by atoms with Crippen LogP contribution in [0.4, 0.5) is 0 Å². The van der Waals surface area contributed by atoms with Gasteiger partial charge in [0.15, 0.2) is 0 Å². The minimum Gasteiger partial charge on any atom is -0.365 e. The molecule has 0 spiro atoms. The number of aromatic amines is 1. The summed E-state index contributed by atoms with van der Waals surface area (Å²) in [4.78, 5) is 3.87. The summed E-state index contributed by atoms with van der Waals surface area (Å²) in [6.45, 7) is 2.20. The highest BCUT2D eigenvalue weighted by molar-refractivity contribution is 9.09. The molecule has 0 saturated heterocycles. The van der Waals surface area contributed by atoms with Gasteiger partial charge in [0.1, 0.15) is 0 Å². The fraction of sp³-hybridized carbons (Fsp3) is 0.556. The van der Waals surface area contributed by atoms with Crippen LogP contribution in [0.15, 0.2) is 18.3 Å². The summed E-state index contributed by atoms with van der Waals surface area (Å²) in [7, 11) is 0. The SMILES string of the molecule is CCC(Br)CCc1ccc[nH]1. The topological polar surface area (TPSA) is 15.8 Å². The molecule has 1 unspecified atom stereocenters. The Morgan fingerprint density at radius 2 is 2.45 bits per heavy atom. The van der Waals surface area contributed by atoms with Gasteiger partial charge in [-0.15, -0.1) is 0 Å². The van der Waals surface area contributed by atoms with Crippen molar-refractivity contribution in [2.24, 2.45) is 0 Å². The van der Waals surface area contributed by atoms with Gasteiger partial charge in [0.25, 0.3) is 0 Å². The number of H-pyrrole nitrogens is 1. The van der Waals surface area contributed by atoms with Gasteiger partial charge in [0.2, 0.25) is 0 Å². The fourth-order valence-corrected chi connectivity index (χ4v) is 1.27. The van der Waals surface area contributed by atoms with E-state index >= 15 is 0 Å². The van der Waals surface area contributed by atoms with E-state index in [4.69, 9.17) is 0 Å². The van der Waals surface area contributed by atoms with Gasteiger partial charge in [-0.25, -0.2) is 0 Å². The van der Waals surface area contributed by atoms with Crippen LogP contribution in [-0.2, 0) is 6.42 Å². The van der Waals surface area contributed by atoms with E-state index < -0.39 is 0 Å². The largest absolute Gasteiger partial charge is 0.365 e. The molecule has 0 saturated carbocycles. The van der Waals surface area contributed by atoms with Gasteiger partial charge >= 0.3 is 0 Å². The Bertz CT molecular complexity index is 181. The highest BCUT2D eigenvalue weighted by Gasteiger charge is 2.00. The monoisotopic (exact) mass is 215 g/mol. The molecule has 2 heteroatoms. The van der Waals surface area contributed by atoms with E-state index in [0.29, 0.717) is 4.83 Å². The lowest BCUT2D eigenvalue weighted by Crippen LogP contribution is -1.97. The van der Waals surface area contributed by atoms with Gasteiger partial charge in [-0.1, -0.05) is 22.9 Å². The summed E-state index contributed by atoms with van der Waals surface area (Å²) in [5.74, 6) is 0. The van der Waals surface area contributed by atoms with Crippen LogP contribution in [0.25, 0.3) is 0 Å². The van der Waals surface area contributed by atoms with E-state index in [-0.39, 0.29) is 0 Å². The summed E-state index contributed by atoms with van der Waals surface area (Å²) < 4.78 is 0. The first-order valence-corrected chi connectivity index (χ1v) is 5.01. The van der Waals surface area contributed by atoms with E-state index in [1.165, 1.54) is 18.5 Å². The quantitative estimate of drug-likeness (QED) is 0.744. The number of hydrogen-bond donors (Lipinski definition) is 1. The molecule has 1 aromatic heterocycles. The van der Waals surface area contributed by atoms with Gasteiger partial charge < -0.3 is 4.98 Å². The third-order valence-electron chi connectivity index (χ3n) is 1.83. The number of hydrogen-bond acceptors (Lipinski definition) is 0. The molecular formula is C9H14BrN. The zero-order chi connectivity index (χ0) is 8.10. The van der Waals surface area contributed by atoms with Crippen LogP contribution in [0.1, 0.15) is 25.5 Å². The number of aromatic nitrogens is 1. The van der Waals surface area contributed by atoms with Gasteiger partial charge in [-0.2, -0.15) is 0 Å². The van der Waals surface area contributed by atoms with E-state index in [2.05, 4.69) is 33.9 Å². The average Bonchev–Trinajstić information content (AvgIpc) is 2.52. The van der Waals surface area contributed by atoms with Crippen molar-refractivity contribution in [2.75, 3.05) is 0 Å². The summed E-state index contributed by atoms with van der Waals surface area (Å²) in [5.41, 5.74) is 1.34. The molecule has 1 rings (SSSR count). The minimum atomic E-state index is 0.672. The van der Waals surface area contributed by atoms with Crippen LogP contribution < -0.4 is 0 Å². The molecule has 0 aliphatic rings. The zero-order valence-corrected chi connectivity index (χ0v) is 8.39. The Kier molecular flexibility index (Phi) is 3.70. The van der Waals surface area contributed by atoms with E-state index in [1.54, 1.807) is 0 Å². The molecule has 0 fully saturated rings. The predicted octanol–water partition coefficient (Wildman–Crippen LogP) is 3.12. The highest BCUT2D eigenvalue weighted by atomic mass is 79.9. The molecule has 1 atom stereocenters. The van der Waals surface area contributed by atoms with Crippen molar-refractivity contribution >= 4 is 15.9 Å². The Morgan fingerprint density at radius 3 is 3.00 bits per heavy atom. The van der Waals surface area contributed by atoms with Crippen molar-refractivity contribution in [3.63, 3.8) is 0 Å². The van der Waals surface area contributed by atoms with Gasteiger partial charge in [0.05, 0.1) is 0 Å². The van der Waals surface area contributed by atoms with E-state index in [9.17, 15) is 0 Å². The highest BCUT2D eigenvalue weighted by Crippen LogP contribution is 2.12. The maximum Gasteiger partial charge on any atom is 0.0147 e. The molecular weight excluding hydrogens is 202 g/mol. The third kappa shape index (κ3) is 3.10. The van der Waals surface area contributed by atoms with E-state index in [1.807, 2.05) is 12.3 Å². The second-order valence-electron chi connectivity index (χ2n) is 2.74. The summed E-state index contributed by atoms with van der Waals surface area (Å²) >= 11 is 3.61. The summed E-state index contributed by atoms with van der Waals surface area (Å²) in [6, 6.07) is 4.18. The van der Waals surface area contributed by atoms with Crippen LogP contribution in [0.3, 0.4) is 0 Å². The lowest BCUT2D eigenvalue weighted by atomic mass is 10.2. The molecule has 11 heavy (non-hydrogen) atoms. The third-order valence-corrected chi connectivity index (χ3v) is 2.94. The molecule has 0 bridgehead atoms. The maximum absolute atomic E-state index is 3.61. The second kappa shape index (κ2) is 4.60. The van der Waals surface area contributed by atoms with Crippen LogP contribution in [-0.4, -0.2) is 9.81 Å². The number of nitrogens with one attached hydrogen (secondary N) is 1. The lowest BCUT2D eigenvalue weighted by Gasteiger charge is -2.03. The Balaban J connectivity index is 2.23. The van der Waals surface area contributed by atoms with E-state index in [0.717, 1.165) is 6.42 Å². The first-order chi connectivity index (χ1) is 5.33. The molecule has 1 N–H and O–H groups in total. The normalized spacial score (nSPS) is 13.3. The predicted molar refractivity (Wildman–Crippen MR) is 52.1 cm³/mol. The van der Waals surface area contributed by atoms with Crippen LogP contribution in [0, 0.1) is 0 Å². The molecule has 0 aromatic carbocycles. The van der Waals surface area contributed by atoms with Crippen molar-refractivity contribution < 1.29 is 0 Å². The molecule has 0 amide bonds. The molecule has 1 nitrogen and oxygen atoms in total. The minimum absolute atomic E-state index is 0.672. The lowest BCUT2D eigenvalue weighted by molar-refractivity contribution is 0.737. The van der Waals surface area contributed by atoms with Crippen molar-refractivity contribution in [1.29, 1.82) is 0 Å². The summed E-state index contributed by atoms with van der Waals surface area (Å²) in [5, 5.41) is 0. The van der Waals surface area contributed by atoms with Gasteiger partial charge in [0, 0.05) is 16.7 Å². The van der Waals surface area contributed by atoms with Crippen LogP contribution in [0.5, 0.6) is 0 Å². The van der Waals surface area contributed by atoms with Crippen LogP contribution >= 0.6 is 15.9 Å². The molecule has 1 heterocycles. The van der Waals surface area contributed by atoms with Gasteiger partial charge in [-0.3, -0.25) is 0 Å². The van der Waals surface area contributed by atoms with Gasteiger partial charge in [-0.05, 0) is 31.4 Å². The fourth-order valence-electron chi connectivity index (χ4n) is 1.04. The second-order valence-corrected chi connectivity index (χ2v) is 4.03. The number of alkyl halides is 1. The van der Waals surface area contributed by atoms with Crippen molar-refractivity contribution in [1.82, 2.24) is 4.98 Å². The van der Waals surface area contributed by atoms with Crippen molar-refractivity contribution in [3.8, 4) is 0 Å². The van der Waals surface area contributed by atoms with Crippen LogP contribution in [0.2, 0.25) is 0 Å². The number of rotatable bonds is 4. The molecule has 0 aliphatic carbocycles. The number of halogens is 1. The Hall–Kier alpha value is -0.240. The maximum atomic E-state index is 3.61. The Morgan fingerprint density at radius 1 is 1.64 bits per heavy atom. The standard InChI is InChI=1S/C9H14BrN/c1-2-8(10)5-6-9-4-3-7-11-9/h3-4,7-8,11H,2,5-6H2,1H3. The molecule has 0 radical (unpaired) electrons. The molecule has 1 aromatic rings. The summed E-state index contributed by atoms with van der Waals surface area (Å²) in [6.07, 6.45) is 5.55. The number of aryl methyl sites for hydroxylation is 1.